The molecule has 0 bridgehead atoms. The molecule has 2 N–H and O–H groups in total. The Morgan fingerprint density at radius 3 is 2.12 bits per heavy atom. The maximum Gasteiger partial charge on any atom is 0.203 e. The Morgan fingerprint density at radius 2 is 1.56 bits per heavy atom. The van der Waals surface area contributed by atoms with E-state index in [2.05, 4.69) is 5.32 Å². The molecule has 0 saturated carbocycles. The fraction of sp³-hybridized carbons (Fsp3) is 0.368. The van der Waals surface area contributed by atoms with Crippen molar-refractivity contribution in [3.05, 3.63) is 41.0 Å². The van der Waals surface area contributed by atoms with E-state index in [9.17, 15) is 5.11 Å². The summed E-state index contributed by atoms with van der Waals surface area (Å²) in [6.07, 6.45) is 0. The van der Waals surface area contributed by atoms with Crippen LogP contribution in [-0.2, 0) is 6.54 Å². The third kappa shape index (κ3) is 2.93. The number of nitrogens with one attached hydrogen (secondary N) is 1. The van der Waals surface area contributed by atoms with Crippen molar-refractivity contribution in [2.45, 2.75) is 12.5 Å². The third-order valence-electron chi connectivity index (χ3n) is 4.62. The van der Waals surface area contributed by atoms with E-state index in [1.165, 1.54) is 0 Å². The SMILES string of the molecule is COc1ccc2c(c1O)CNCC2c1cc(OC)c(OC)c(OC)c1. The van der Waals surface area contributed by atoms with Crippen LogP contribution >= 0.6 is 0 Å². The second-order valence-corrected chi connectivity index (χ2v) is 5.83. The van der Waals surface area contributed by atoms with Crippen LogP contribution in [0.5, 0.6) is 28.7 Å². The van der Waals surface area contributed by atoms with Gasteiger partial charge in [-0.3, -0.25) is 0 Å². The Morgan fingerprint density at radius 1 is 0.920 bits per heavy atom. The van der Waals surface area contributed by atoms with Crippen molar-refractivity contribution in [1.82, 2.24) is 5.32 Å². The van der Waals surface area contributed by atoms with Gasteiger partial charge in [-0.25, -0.2) is 0 Å². The predicted octanol–water partition coefficient (Wildman–Crippen LogP) is 2.66. The number of rotatable bonds is 5. The van der Waals surface area contributed by atoms with Gasteiger partial charge >= 0.3 is 0 Å². The first-order valence-corrected chi connectivity index (χ1v) is 8.03. The zero-order valence-electron chi connectivity index (χ0n) is 14.9. The zero-order chi connectivity index (χ0) is 18.0. The maximum atomic E-state index is 10.4. The molecule has 0 spiro atoms. The maximum absolute atomic E-state index is 10.4. The van der Waals surface area contributed by atoms with Gasteiger partial charge < -0.3 is 29.4 Å². The van der Waals surface area contributed by atoms with Crippen molar-refractivity contribution in [2.24, 2.45) is 0 Å². The van der Waals surface area contributed by atoms with Crippen LogP contribution in [0.3, 0.4) is 0 Å². The lowest BCUT2D eigenvalue weighted by atomic mass is 9.84. The second kappa shape index (κ2) is 7.11. The molecule has 0 saturated heterocycles. The van der Waals surface area contributed by atoms with Gasteiger partial charge in [-0.15, -0.1) is 0 Å². The molecule has 1 unspecified atom stereocenters. The molecule has 1 aliphatic heterocycles. The molecule has 6 heteroatoms. The highest BCUT2D eigenvalue weighted by molar-refractivity contribution is 5.58. The molecule has 0 aliphatic carbocycles. The Balaban J connectivity index is 2.12. The molecule has 1 heterocycles. The molecule has 0 radical (unpaired) electrons. The van der Waals surface area contributed by atoms with Gasteiger partial charge in [0.2, 0.25) is 5.75 Å². The van der Waals surface area contributed by atoms with Gasteiger partial charge in [-0.1, -0.05) is 6.07 Å². The molecule has 2 aromatic rings. The highest BCUT2D eigenvalue weighted by Crippen LogP contribution is 2.44. The molecule has 6 nitrogen and oxygen atoms in total. The molecule has 2 aromatic carbocycles. The molecule has 0 aromatic heterocycles. The molecule has 134 valence electrons. The largest absolute Gasteiger partial charge is 0.504 e. The Labute approximate surface area is 147 Å². The number of hydrogen-bond acceptors (Lipinski definition) is 6. The van der Waals surface area contributed by atoms with Crippen molar-refractivity contribution in [2.75, 3.05) is 35.0 Å². The first kappa shape index (κ1) is 17.2. The minimum atomic E-state index is 0.0502. The van der Waals surface area contributed by atoms with Crippen LogP contribution < -0.4 is 24.3 Å². The smallest absolute Gasteiger partial charge is 0.203 e. The number of ether oxygens (including phenoxy) is 4. The van der Waals surface area contributed by atoms with Crippen LogP contribution in [-0.4, -0.2) is 40.1 Å². The quantitative estimate of drug-likeness (QED) is 0.868. The van der Waals surface area contributed by atoms with Gasteiger partial charge in [0.25, 0.3) is 0 Å². The van der Waals surface area contributed by atoms with E-state index in [1.54, 1.807) is 34.5 Å². The molecule has 1 atom stereocenters. The van der Waals surface area contributed by atoms with Crippen molar-refractivity contribution in [3.8, 4) is 28.7 Å². The van der Waals surface area contributed by atoms with Gasteiger partial charge in [0.05, 0.1) is 28.4 Å². The van der Waals surface area contributed by atoms with Crippen LogP contribution in [0.15, 0.2) is 24.3 Å². The fourth-order valence-corrected chi connectivity index (χ4v) is 3.36. The van der Waals surface area contributed by atoms with Gasteiger partial charge in [-0.05, 0) is 29.3 Å². The predicted molar refractivity (Wildman–Crippen MR) is 94.3 cm³/mol. The summed E-state index contributed by atoms with van der Waals surface area (Å²) in [4.78, 5) is 0. The average Bonchev–Trinajstić information content (AvgIpc) is 2.66. The molecular formula is C19H23NO5. The van der Waals surface area contributed by atoms with Crippen LogP contribution in [0.2, 0.25) is 0 Å². The van der Waals surface area contributed by atoms with E-state index in [0.29, 0.717) is 29.5 Å². The van der Waals surface area contributed by atoms with E-state index in [1.807, 2.05) is 18.2 Å². The summed E-state index contributed by atoms with van der Waals surface area (Å²) in [5.74, 6) is 2.50. The molecule has 1 aliphatic rings. The number of aromatic hydroxyl groups is 1. The number of methoxy groups -OCH3 is 4. The van der Waals surface area contributed by atoms with Crippen LogP contribution in [0.25, 0.3) is 0 Å². The van der Waals surface area contributed by atoms with E-state index in [-0.39, 0.29) is 11.7 Å². The topological polar surface area (TPSA) is 69.2 Å². The summed E-state index contributed by atoms with van der Waals surface area (Å²) in [6.45, 7) is 1.34. The Kier molecular flexibility index (Phi) is 4.90. The second-order valence-electron chi connectivity index (χ2n) is 5.83. The summed E-state index contributed by atoms with van der Waals surface area (Å²) < 4.78 is 21.5. The van der Waals surface area contributed by atoms with Gasteiger partial charge in [0.1, 0.15) is 0 Å². The van der Waals surface area contributed by atoms with Gasteiger partial charge in [0.15, 0.2) is 23.0 Å². The summed E-state index contributed by atoms with van der Waals surface area (Å²) >= 11 is 0. The standard InChI is InChI=1S/C19H23NO5/c1-22-15-6-5-12-13(9-20-10-14(12)18(15)21)11-7-16(23-2)19(25-4)17(8-11)24-3/h5-8,13,20-21H,9-10H2,1-4H3. The number of benzene rings is 2. The van der Waals surface area contributed by atoms with E-state index in [0.717, 1.165) is 23.2 Å². The number of phenolic OH excluding ortho intramolecular Hbond substituents is 1. The highest BCUT2D eigenvalue weighted by Gasteiger charge is 2.27. The summed E-state index contributed by atoms with van der Waals surface area (Å²) in [5.41, 5.74) is 2.93. The van der Waals surface area contributed by atoms with E-state index < -0.39 is 0 Å². The lowest BCUT2D eigenvalue weighted by Crippen LogP contribution is -2.29. The number of phenols is 1. The normalized spacial score (nSPS) is 16.1. The van der Waals surface area contributed by atoms with Crippen molar-refractivity contribution >= 4 is 0 Å². The van der Waals surface area contributed by atoms with Crippen LogP contribution in [0.4, 0.5) is 0 Å². The number of hydrogen-bond donors (Lipinski definition) is 2. The molecular weight excluding hydrogens is 322 g/mol. The lowest BCUT2D eigenvalue weighted by molar-refractivity contribution is 0.323. The highest BCUT2D eigenvalue weighted by atomic mass is 16.5. The van der Waals surface area contributed by atoms with Gasteiger partial charge in [0, 0.05) is 24.6 Å². The van der Waals surface area contributed by atoms with E-state index in [4.69, 9.17) is 18.9 Å². The van der Waals surface area contributed by atoms with E-state index >= 15 is 0 Å². The monoisotopic (exact) mass is 345 g/mol. The van der Waals surface area contributed by atoms with Gasteiger partial charge in [-0.2, -0.15) is 0 Å². The van der Waals surface area contributed by atoms with Crippen molar-refractivity contribution in [3.63, 3.8) is 0 Å². The molecule has 3 rings (SSSR count). The average molecular weight is 345 g/mol. The molecule has 0 fully saturated rings. The first-order valence-electron chi connectivity index (χ1n) is 8.03. The zero-order valence-corrected chi connectivity index (χ0v) is 14.9. The van der Waals surface area contributed by atoms with Crippen LogP contribution in [0, 0.1) is 0 Å². The minimum Gasteiger partial charge on any atom is -0.504 e. The van der Waals surface area contributed by atoms with Crippen LogP contribution in [0.1, 0.15) is 22.6 Å². The van der Waals surface area contributed by atoms with Crippen molar-refractivity contribution in [1.29, 1.82) is 0 Å². The Hall–Kier alpha value is -2.60. The third-order valence-corrected chi connectivity index (χ3v) is 4.62. The van der Waals surface area contributed by atoms with Crippen molar-refractivity contribution < 1.29 is 24.1 Å². The summed E-state index contributed by atoms with van der Waals surface area (Å²) in [7, 11) is 6.34. The minimum absolute atomic E-state index is 0.0502. The number of fused-ring (bicyclic) bond motifs is 1. The summed E-state index contributed by atoms with van der Waals surface area (Å²) in [6, 6.07) is 7.70. The lowest BCUT2D eigenvalue weighted by Gasteiger charge is -2.28. The summed E-state index contributed by atoms with van der Waals surface area (Å²) in [5, 5.41) is 13.8. The fourth-order valence-electron chi connectivity index (χ4n) is 3.36. The first-order chi connectivity index (χ1) is 12.1. The Bertz CT molecular complexity index is 750. The molecule has 0 amide bonds. The molecule has 25 heavy (non-hydrogen) atoms.